The van der Waals surface area contributed by atoms with Crippen molar-refractivity contribution in [1.29, 1.82) is 0 Å². The number of nitrogens with zero attached hydrogens (tertiary/aromatic N) is 3. The van der Waals surface area contributed by atoms with Crippen molar-refractivity contribution in [3.63, 3.8) is 0 Å². The van der Waals surface area contributed by atoms with Crippen LogP contribution in [0.3, 0.4) is 0 Å². The first-order valence-corrected chi connectivity index (χ1v) is 8.25. The lowest BCUT2D eigenvalue weighted by Gasteiger charge is -2.14. The number of hydrogen-bond donors (Lipinski definition) is 3. The van der Waals surface area contributed by atoms with E-state index in [4.69, 9.17) is 17.3 Å². The van der Waals surface area contributed by atoms with Crippen LogP contribution in [-0.4, -0.2) is 30.9 Å². The summed E-state index contributed by atoms with van der Waals surface area (Å²) >= 11 is 6.27. The van der Waals surface area contributed by atoms with E-state index in [9.17, 15) is 15.0 Å². The maximum absolute atomic E-state index is 11.8. The molecule has 4 N–H and O–H groups in total. The number of aromatic hydroxyl groups is 2. The second-order valence-electron chi connectivity index (χ2n) is 6.08. The van der Waals surface area contributed by atoms with Gasteiger partial charge in [0, 0.05) is 6.07 Å². The van der Waals surface area contributed by atoms with E-state index in [2.05, 4.69) is 10.2 Å². The van der Waals surface area contributed by atoms with Crippen LogP contribution in [0.25, 0.3) is 17.1 Å². The molecule has 0 unspecified atom stereocenters. The lowest BCUT2D eigenvalue weighted by atomic mass is 9.98. The Morgan fingerprint density at radius 2 is 1.85 bits per heavy atom. The van der Waals surface area contributed by atoms with Crippen LogP contribution in [-0.2, 0) is 0 Å². The van der Waals surface area contributed by atoms with E-state index in [-0.39, 0.29) is 29.1 Å². The number of phenols is 2. The summed E-state index contributed by atoms with van der Waals surface area (Å²) in [6, 6.07) is 9.67. The molecule has 8 heteroatoms. The van der Waals surface area contributed by atoms with E-state index >= 15 is 0 Å². The average Bonchev–Trinajstić information content (AvgIpc) is 2.99. The van der Waals surface area contributed by atoms with Crippen molar-refractivity contribution in [1.82, 2.24) is 14.8 Å². The average molecular weight is 373 g/mol. The first kappa shape index (κ1) is 17.8. The molecule has 0 saturated carbocycles. The van der Waals surface area contributed by atoms with Gasteiger partial charge in [-0.05, 0) is 29.7 Å². The van der Waals surface area contributed by atoms with Gasteiger partial charge in [0.25, 0.3) is 5.91 Å². The van der Waals surface area contributed by atoms with Crippen molar-refractivity contribution >= 4 is 17.5 Å². The number of primary amides is 1. The smallest absolute Gasteiger partial charge is 0.287 e. The van der Waals surface area contributed by atoms with Crippen LogP contribution in [0.15, 0.2) is 36.4 Å². The van der Waals surface area contributed by atoms with E-state index < -0.39 is 5.91 Å². The quantitative estimate of drug-likeness (QED) is 0.650. The number of hydrogen-bond acceptors (Lipinski definition) is 5. The van der Waals surface area contributed by atoms with Crippen LogP contribution in [0.4, 0.5) is 0 Å². The molecule has 1 heterocycles. The fraction of sp³-hybridized carbons (Fsp3) is 0.167. The topological polar surface area (TPSA) is 114 Å². The molecule has 0 aliphatic heterocycles. The van der Waals surface area contributed by atoms with E-state index in [0.717, 1.165) is 0 Å². The highest BCUT2D eigenvalue weighted by Gasteiger charge is 2.24. The molecule has 0 bridgehead atoms. The summed E-state index contributed by atoms with van der Waals surface area (Å²) in [5.41, 5.74) is 6.79. The van der Waals surface area contributed by atoms with Crippen LogP contribution < -0.4 is 5.73 Å². The van der Waals surface area contributed by atoms with Crippen LogP contribution in [0, 0.1) is 0 Å². The molecule has 26 heavy (non-hydrogen) atoms. The van der Waals surface area contributed by atoms with E-state index in [1.165, 1.54) is 10.6 Å². The molecule has 134 valence electrons. The number of carbonyl (C=O) groups excluding carboxylic acids is 1. The summed E-state index contributed by atoms with van der Waals surface area (Å²) in [6.07, 6.45) is 0. The number of phenolic OH excluding ortho intramolecular Hbond substituents is 2. The van der Waals surface area contributed by atoms with Gasteiger partial charge in [-0.1, -0.05) is 37.6 Å². The minimum Gasteiger partial charge on any atom is -0.508 e. The Bertz CT molecular complexity index is 998. The van der Waals surface area contributed by atoms with Gasteiger partial charge in [0.15, 0.2) is 5.82 Å². The predicted octanol–water partition coefficient (Wildman–Crippen LogP) is 3.22. The minimum atomic E-state index is -0.786. The second-order valence-corrected chi connectivity index (χ2v) is 6.49. The van der Waals surface area contributed by atoms with Gasteiger partial charge in [-0.15, -0.1) is 10.2 Å². The molecule has 3 rings (SSSR count). The van der Waals surface area contributed by atoms with E-state index in [0.29, 0.717) is 21.8 Å². The number of halogens is 1. The Hall–Kier alpha value is -3.06. The zero-order chi connectivity index (χ0) is 19.0. The highest BCUT2D eigenvalue weighted by Crippen LogP contribution is 2.38. The summed E-state index contributed by atoms with van der Waals surface area (Å²) < 4.78 is 1.39. The number of rotatable bonds is 4. The molecule has 3 aromatic rings. The van der Waals surface area contributed by atoms with Crippen LogP contribution in [0.1, 0.15) is 35.9 Å². The van der Waals surface area contributed by atoms with Gasteiger partial charge < -0.3 is 15.9 Å². The van der Waals surface area contributed by atoms with Crippen molar-refractivity contribution in [2.75, 3.05) is 0 Å². The fourth-order valence-electron chi connectivity index (χ4n) is 2.72. The van der Waals surface area contributed by atoms with Gasteiger partial charge in [-0.2, -0.15) is 0 Å². The van der Waals surface area contributed by atoms with Crippen molar-refractivity contribution in [3.8, 4) is 28.6 Å². The number of amides is 1. The first-order chi connectivity index (χ1) is 12.3. The van der Waals surface area contributed by atoms with Gasteiger partial charge in [0.1, 0.15) is 11.5 Å². The van der Waals surface area contributed by atoms with Crippen molar-refractivity contribution in [3.05, 3.63) is 52.8 Å². The van der Waals surface area contributed by atoms with Gasteiger partial charge in [-0.3, -0.25) is 9.36 Å². The number of para-hydroxylation sites is 1. The SMILES string of the molecule is CC(C)c1cc(-c2nnc(C(N)=O)n2-c2ccccc2Cl)c(O)cc1O. The van der Waals surface area contributed by atoms with Gasteiger partial charge in [-0.25, -0.2) is 0 Å². The van der Waals surface area contributed by atoms with Crippen LogP contribution in [0.2, 0.25) is 5.02 Å². The molecule has 2 aromatic carbocycles. The molecule has 0 aliphatic carbocycles. The third kappa shape index (κ3) is 2.97. The van der Waals surface area contributed by atoms with Crippen LogP contribution in [0.5, 0.6) is 11.5 Å². The zero-order valence-corrected chi connectivity index (χ0v) is 14.9. The van der Waals surface area contributed by atoms with Gasteiger partial charge >= 0.3 is 0 Å². The number of benzene rings is 2. The molecular weight excluding hydrogens is 356 g/mol. The van der Waals surface area contributed by atoms with E-state index in [1.807, 2.05) is 13.8 Å². The third-order valence-electron chi connectivity index (χ3n) is 3.98. The van der Waals surface area contributed by atoms with Gasteiger partial charge in [0.2, 0.25) is 5.82 Å². The number of nitrogens with two attached hydrogens (primary N) is 1. The second kappa shape index (κ2) is 6.68. The summed E-state index contributed by atoms with van der Waals surface area (Å²) in [7, 11) is 0. The largest absolute Gasteiger partial charge is 0.508 e. The Kier molecular flexibility index (Phi) is 4.56. The molecule has 0 atom stereocenters. The lowest BCUT2D eigenvalue weighted by molar-refractivity contribution is 0.0988. The Labute approximate surface area is 154 Å². The van der Waals surface area contributed by atoms with Crippen molar-refractivity contribution < 1.29 is 15.0 Å². The summed E-state index contributed by atoms with van der Waals surface area (Å²) in [4.78, 5) is 11.8. The summed E-state index contributed by atoms with van der Waals surface area (Å²) in [5, 5.41) is 28.6. The molecule has 0 fully saturated rings. The molecule has 7 nitrogen and oxygen atoms in total. The molecular formula is C18H17ClN4O3. The Morgan fingerprint density at radius 1 is 1.15 bits per heavy atom. The standard InChI is InChI=1S/C18H17ClN4O3/c1-9(2)10-7-11(15(25)8-14(10)24)17-21-22-18(16(20)26)23(17)13-6-4-3-5-12(13)19/h3-9,24-25H,1-2H3,(H2,20,26). The molecule has 0 spiro atoms. The molecule has 1 amide bonds. The summed E-state index contributed by atoms with van der Waals surface area (Å²) in [5.74, 6) is -0.950. The fourth-order valence-corrected chi connectivity index (χ4v) is 2.94. The molecule has 0 aliphatic rings. The Balaban J connectivity index is 2.33. The van der Waals surface area contributed by atoms with Crippen LogP contribution >= 0.6 is 11.6 Å². The number of carbonyl (C=O) groups is 1. The lowest BCUT2D eigenvalue weighted by Crippen LogP contribution is -2.18. The molecule has 0 saturated heterocycles. The first-order valence-electron chi connectivity index (χ1n) is 7.87. The maximum atomic E-state index is 11.8. The normalized spacial score (nSPS) is 11.1. The minimum absolute atomic E-state index is 0.00152. The van der Waals surface area contributed by atoms with E-state index in [1.54, 1.807) is 30.3 Å². The third-order valence-corrected chi connectivity index (χ3v) is 4.30. The van der Waals surface area contributed by atoms with Crippen molar-refractivity contribution in [2.45, 2.75) is 19.8 Å². The highest BCUT2D eigenvalue weighted by atomic mass is 35.5. The maximum Gasteiger partial charge on any atom is 0.287 e. The van der Waals surface area contributed by atoms with Gasteiger partial charge in [0.05, 0.1) is 16.3 Å². The number of aromatic nitrogens is 3. The highest BCUT2D eigenvalue weighted by molar-refractivity contribution is 6.32. The Morgan fingerprint density at radius 3 is 2.46 bits per heavy atom. The van der Waals surface area contributed by atoms with Crippen molar-refractivity contribution in [2.24, 2.45) is 5.73 Å². The molecule has 0 radical (unpaired) electrons. The molecule has 1 aromatic heterocycles. The monoisotopic (exact) mass is 372 g/mol. The summed E-state index contributed by atoms with van der Waals surface area (Å²) in [6.45, 7) is 3.81. The predicted molar refractivity (Wildman–Crippen MR) is 97.7 cm³/mol. The zero-order valence-electron chi connectivity index (χ0n) is 14.1.